The number of benzene rings is 1. The second-order valence-electron chi connectivity index (χ2n) is 6.67. The standard InChI is InChI=1S/C20H26N4O/c1-22(2)11-12-25-19-8-6-7-17(13-19)15-23(3)16-18-14-21-24-10-5-4-9-20(18)24/h4-10,13-14H,11-12,15-16H2,1-3H3. The number of fused-ring (bicyclic) bond motifs is 1. The van der Waals surface area contributed by atoms with Crippen molar-refractivity contribution in [2.24, 2.45) is 0 Å². The van der Waals surface area contributed by atoms with Crippen molar-refractivity contribution in [1.29, 1.82) is 0 Å². The molecule has 0 saturated carbocycles. The van der Waals surface area contributed by atoms with E-state index in [2.05, 4.69) is 66.4 Å². The molecule has 0 radical (unpaired) electrons. The fourth-order valence-corrected chi connectivity index (χ4v) is 2.85. The minimum atomic E-state index is 0.703. The summed E-state index contributed by atoms with van der Waals surface area (Å²) < 4.78 is 7.75. The Morgan fingerprint density at radius 1 is 1.04 bits per heavy atom. The van der Waals surface area contributed by atoms with Gasteiger partial charge in [-0.05, 0) is 51.0 Å². The first-order valence-corrected chi connectivity index (χ1v) is 8.58. The van der Waals surface area contributed by atoms with E-state index in [1.54, 1.807) is 0 Å². The molecule has 0 aliphatic heterocycles. The molecule has 0 aliphatic rings. The summed E-state index contributed by atoms with van der Waals surface area (Å²) in [6.45, 7) is 3.35. The van der Waals surface area contributed by atoms with Gasteiger partial charge in [0.05, 0.1) is 11.7 Å². The lowest BCUT2D eigenvalue weighted by atomic mass is 10.2. The average molecular weight is 338 g/mol. The maximum Gasteiger partial charge on any atom is 0.119 e. The second kappa shape index (κ2) is 8.14. The van der Waals surface area contributed by atoms with Crippen molar-refractivity contribution < 1.29 is 4.74 Å². The van der Waals surface area contributed by atoms with Crippen LogP contribution >= 0.6 is 0 Å². The summed E-state index contributed by atoms with van der Waals surface area (Å²) in [5.41, 5.74) is 3.65. The molecular weight excluding hydrogens is 312 g/mol. The lowest BCUT2D eigenvalue weighted by molar-refractivity contribution is 0.260. The molecule has 0 bridgehead atoms. The fourth-order valence-electron chi connectivity index (χ4n) is 2.85. The van der Waals surface area contributed by atoms with E-state index in [-0.39, 0.29) is 0 Å². The van der Waals surface area contributed by atoms with Crippen LogP contribution in [0.2, 0.25) is 0 Å². The number of rotatable bonds is 8. The second-order valence-corrected chi connectivity index (χ2v) is 6.67. The Morgan fingerprint density at radius 3 is 2.76 bits per heavy atom. The van der Waals surface area contributed by atoms with E-state index in [1.807, 2.05) is 29.0 Å². The normalized spacial score (nSPS) is 11.6. The first-order chi connectivity index (χ1) is 12.1. The van der Waals surface area contributed by atoms with Crippen LogP contribution in [0.15, 0.2) is 54.9 Å². The number of hydrogen-bond donors (Lipinski definition) is 0. The van der Waals surface area contributed by atoms with Crippen molar-refractivity contribution in [2.45, 2.75) is 13.1 Å². The summed E-state index contributed by atoms with van der Waals surface area (Å²) in [5.74, 6) is 0.934. The highest BCUT2D eigenvalue weighted by atomic mass is 16.5. The number of aromatic nitrogens is 2. The number of likely N-dealkylation sites (N-methyl/N-ethyl adjacent to an activating group) is 1. The van der Waals surface area contributed by atoms with E-state index in [1.165, 1.54) is 11.1 Å². The maximum absolute atomic E-state index is 5.83. The Labute approximate surface area is 149 Å². The van der Waals surface area contributed by atoms with Crippen molar-refractivity contribution in [3.63, 3.8) is 0 Å². The summed E-state index contributed by atoms with van der Waals surface area (Å²) in [4.78, 5) is 4.41. The van der Waals surface area contributed by atoms with Crippen LogP contribution in [0.25, 0.3) is 5.52 Å². The largest absolute Gasteiger partial charge is 0.492 e. The van der Waals surface area contributed by atoms with Crippen LogP contribution in [0.3, 0.4) is 0 Å². The molecule has 3 aromatic rings. The Bertz CT molecular complexity index is 812. The minimum Gasteiger partial charge on any atom is -0.492 e. The van der Waals surface area contributed by atoms with Gasteiger partial charge in [0.25, 0.3) is 0 Å². The predicted octanol–water partition coefficient (Wildman–Crippen LogP) is 2.91. The number of pyridine rings is 1. The molecule has 0 aliphatic carbocycles. The molecule has 0 atom stereocenters. The van der Waals surface area contributed by atoms with Crippen LogP contribution in [0.4, 0.5) is 0 Å². The van der Waals surface area contributed by atoms with Crippen molar-refractivity contribution in [3.05, 3.63) is 66.0 Å². The number of nitrogens with zero attached hydrogens (tertiary/aromatic N) is 4. The summed E-state index contributed by atoms with van der Waals surface area (Å²) in [6, 6.07) is 14.5. The van der Waals surface area contributed by atoms with Gasteiger partial charge in [-0.25, -0.2) is 4.52 Å². The molecular formula is C20H26N4O. The van der Waals surface area contributed by atoms with Crippen LogP contribution in [0.1, 0.15) is 11.1 Å². The van der Waals surface area contributed by atoms with Crippen LogP contribution in [-0.4, -0.2) is 53.7 Å². The van der Waals surface area contributed by atoms with E-state index in [4.69, 9.17) is 4.74 Å². The van der Waals surface area contributed by atoms with Crippen LogP contribution in [-0.2, 0) is 13.1 Å². The number of ether oxygens (including phenoxy) is 1. The highest BCUT2D eigenvalue weighted by Gasteiger charge is 2.08. The molecule has 0 spiro atoms. The monoisotopic (exact) mass is 338 g/mol. The maximum atomic E-state index is 5.83. The van der Waals surface area contributed by atoms with E-state index >= 15 is 0 Å². The molecule has 5 nitrogen and oxygen atoms in total. The van der Waals surface area contributed by atoms with Crippen LogP contribution in [0, 0.1) is 0 Å². The van der Waals surface area contributed by atoms with Gasteiger partial charge in [-0.15, -0.1) is 0 Å². The Kier molecular flexibility index (Phi) is 5.68. The van der Waals surface area contributed by atoms with Crippen molar-refractivity contribution in [1.82, 2.24) is 19.4 Å². The highest BCUT2D eigenvalue weighted by molar-refractivity contribution is 5.53. The molecule has 25 heavy (non-hydrogen) atoms. The van der Waals surface area contributed by atoms with E-state index in [9.17, 15) is 0 Å². The Hall–Kier alpha value is -2.37. The third kappa shape index (κ3) is 4.81. The summed E-state index contributed by atoms with van der Waals surface area (Å²) in [6.07, 6.45) is 3.93. The molecule has 0 amide bonds. The highest BCUT2D eigenvalue weighted by Crippen LogP contribution is 2.17. The molecule has 0 saturated heterocycles. The van der Waals surface area contributed by atoms with Crippen molar-refractivity contribution in [3.8, 4) is 5.75 Å². The summed E-state index contributed by atoms with van der Waals surface area (Å²) in [7, 11) is 6.23. The van der Waals surface area contributed by atoms with Gasteiger partial charge in [0.2, 0.25) is 0 Å². The SMILES string of the molecule is CN(C)CCOc1cccc(CN(C)Cc2cnn3ccccc23)c1. The van der Waals surface area contributed by atoms with Gasteiger partial charge in [0.1, 0.15) is 12.4 Å². The third-order valence-corrected chi connectivity index (χ3v) is 4.10. The zero-order valence-electron chi connectivity index (χ0n) is 15.2. The molecule has 0 unspecified atom stereocenters. The van der Waals surface area contributed by atoms with Gasteiger partial charge in [-0.3, -0.25) is 4.90 Å². The summed E-state index contributed by atoms with van der Waals surface area (Å²) in [5, 5.41) is 4.41. The molecule has 0 N–H and O–H groups in total. The number of hydrogen-bond acceptors (Lipinski definition) is 4. The topological polar surface area (TPSA) is 33.0 Å². The molecule has 3 rings (SSSR count). The molecule has 132 valence electrons. The van der Waals surface area contributed by atoms with Gasteiger partial charge in [0, 0.05) is 31.4 Å². The lowest BCUT2D eigenvalue weighted by Gasteiger charge is -2.17. The fraction of sp³-hybridized carbons (Fsp3) is 0.350. The van der Waals surface area contributed by atoms with Gasteiger partial charge >= 0.3 is 0 Å². The van der Waals surface area contributed by atoms with Gasteiger partial charge in [-0.1, -0.05) is 18.2 Å². The molecule has 5 heteroatoms. The van der Waals surface area contributed by atoms with Crippen molar-refractivity contribution in [2.75, 3.05) is 34.3 Å². The molecule has 0 fully saturated rings. The predicted molar refractivity (Wildman–Crippen MR) is 101 cm³/mol. The van der Waals surface area contributed by atoms with Gasteiger partial charge in [0.15, 0.2) is 0 Å². The minimum absolute atomic E-state index is 0.703. The molecule has 1 aromatic carbocycles. The van der Waals surface area contributed by atoms with Gasteiger partial charge in [-0.2, -0.15) is 5.10 Å². The quantitative estimate of drug-likeness (QED) is 0.632. The Morgan fingerprint density at radius 2 is 1.92 bits per heavy atom. The van der Waals surface area contributed by atoms with Crippen LogP contribution < -0.4 is 4.74 Å². The first kappa shape index (κ1) is 17.5. The average Bonchev–Trinajstić information content (AvgIpc) is 2.98. The molecule has 2 heterocycles. The lowest BCUT2D eigenvalue weighted by Crippen LogP contribution is -2.19. The van der Waals surface area contributed by atoms with E-state index in [0.29, 0.717) is 6.61 Å². The smallest absolute Gasteiger partial charge is 0.119 e. The first-order valence-electron chi connectivity index (χ1n) is 8.58. The molecule has 2 aromatic heterocycles. The summed E-state index contributed by atoms with van der Waals surface area (Å²) >= 11 is 0. The van der Waals surface area contributed by atoms with Gasteiger partial charge < -0.3 is 9.64 Å². The Balaban J connectivity index is 1.60. The third-order valence-electron chi connectivity index (χ3n) is 4.10. The van der Waals surface area contributed by atoms with E-state index in [0.717, 1.165) is 30.9 Å². The van der Waals surface area contributed by atoms with Crippen molar-refractivity contribution >= 4 is 5.52 Å². The van der Waals surface area contributed by atoms with E-state index < -0.39 is 0 Å². The zero-order valence-corrected chi connectivity index (χ0v) is 15.2. The zero-order chi connectivity index (χ0) is 17.6. The van der Waals surface area contributed by atoms with Crippen LogP contribution in [0.5, 0.6) is 5.75 Å².